The molecule has 3 aromatic carbocycles. The van der Waals surface area contributed by atoms with Crippen LogP contribution in [0.15, 0.2) is 81.7 Å². The number of likely N-dealkylation sites (N-methyl/N-ethyl adjacent to an activating group) is 1. The molecular weight excluding hydrogens is 626 g/mol. The Hall–Kier alpha value is -4.54. The highest BCUT2D eigenvalue weighted by Crippen LogP contribution is 2.38. The van der Waals surface area contributed by atoms with Crippen molar-refractivity contribution in [2.45, 2.75) is 33.4 Å². The Morgan fingerprint density at radius 3 is 2.30 bits per heavy atom. The fraction of sp³-hybridized carbons (Fsp3) is 0.286. The first-order valence-corrected chi connectivity index (χ1v) is 16.0. The minimum Gasteiger partial charge on any atom is -0.497 e. The number of rotatable bonds is 11. The highest BCUT2D eigenvalue weighted by atomic mass is 35.5. The summed E-state index contributed by atoms with van der Waals surface area (Å²) in [6.45, 7) is 7.03. The van der Waals surface area contributed by atoms with Gasteiger partial charge in [0, 0.05) is 23.7 Å². The van der Waals surface area contributed by atoms with E-state index in [1.165, 1.54) is 11.3 Å². The number of amides is 1. The van der Waals surface area contributed by atoms with Crippen molar-refractivity contribution in [2.24, 2.45) is 4.99 Å². The largest absolute Gasteiger partial charge is 0.497 e. The molecule has 0 unspecified atom stereocenters. The van der Waals surface area contributed by atoms with Crippen molar-refractivity contribution in [3.8, 4) is 23.0 Å². The quantitative estimate of drug-likeness (QED) is 0.215. The molecule has 2 heterocycles. The molecular formula is C35H36ClN3O6S. The van der Waals surface area contributed by atoms with Crippen molar-refractivity contribution in [1.82, 2.24) is 9.47 Å². The number of halogens is 1. The minimum atomic E-state index is -0.783. The van der Waals surface area contributed by atoms with Gasteiger partial charge in [-0.25, -0.2) is 4.99 Å². The van der Waals surface area contributed by atoms with Gasteiger partial charge in [0.15, 0.2) is 16.3 Å². The predicted octanol–water partition coefficient (Wildman–Crippen LogP) is 5.36. The number of ether oxygens (including phenoxy) is 4. The monoisotopic (exact) mass is 661 g/mol. The summed E-state index contributed by atoms with van der Waals surface area (Å²) in [5.74, 6) is 2.01. The number of fused-ring (bicyclic) bond motifs is 1. The summed E-state index contributed by atoms with van der Waals surface area (Å²) in [5, 5.41) is 0.659. The summed E-state index contributed by atoms with van der Waals surface area (Å²) in [6, 6.07) is 17.5. The third-order valence-corrected chi connectivity index (χ3v) is 9.06. The molecule has 0 N–H and O–H groups in total. The Balaban J connectivity index is 1.61. The summed E-state index contributed by atoms with van der Waals surface area (Å²) in [5.41, 5.74) is 3.02. The van der Waals surface area contributed by atoms with Gasteiger partial charge in [0.1, 0.15) is 24.1 Å². The second kappa shape index (κ2) is 14.3. The molecule has 1 aliphatic heterocycles. The second-order valence-electron chi connectivity index (χ2n) is 10.5. The van der Waals surface area contributed by atoms with Crippen LogP contribution in [0.1, 0.15) is 43.5 Å². The molecule has 9 nitrogen and oxygen atoms in total. The zero-order valence-electron chi connectivity index (χ0n) is 26.6. The normalized spacial score (nSPS) is 14.4. The fourth-order valence-corrected chi connectivity index (χ4v) is 6.58. The van der Waals surface area contributed by atoms with Crippen molar-refractivity contribution in [3.05, 3.63) is 113 Å². The minimum absolute atomic E-state index is 0.186. The van der Waals surface area contributed by atoms with Gasteiger partial charge in [0.05, 0.1) is 37.1 Å². The molecule has 46 heavy (non-hydrogen) atoms. The van der Waals surface area contributed by atoms with E-state index in [1.807, 2.05) is 62.4 Å². The number of methoxy groups -OCH3 is 3. The summed E-state index contributed by atoms with van der Waals surface area (Å²) in [6.07, 6.45) is 1.79. The Labute approximate surface area is 276 Å². The molecule has 0 radical (unpaired) electrons. The first-order chi connectivity index (χ1) is 22.2. The van der Waals surface area contributed by atoms with Gasteiger partial charge in [-0.05, 0) is 80.4 Å². The Bertz CT molecular complexity index is 1960. The fourth-order valence-electron chi connectivity index (χ4n) is 5.41. The molecule has 0 spiro atoms. The molecule has 1 amide bonds. The molecule has 1 aliphatic rings. The van der Waals surface area contributed by atoms with E-state index in [0.29, 0.717) is 73.9 Å². The van der Waals surface area contributed by atoms with Gasteiger partial charge < -0.3 is 23.8 Å². The van der Waals surface area contributed by atoms with E-state index in [-0.39, 0.29) is 11.5 Å². The Kier molecular flexibility index (Phi) is 10.2. The number of benzene rings is 3. The van der Waals surface area contributed by atoms with Gasteiger partial charge in [-0.15, -0.1) is 0 Å². The van der Waals surface area contributed by atoms with Crippen LogP contribution in [0.5, 0.6) is 23.0 Å². The lowest BCUT2D eigenvalue weighted by Crippen LogP contribution is -2.43. The summed E-state index contributed by atoms with van der Waals surface area (Å²) >= 11 is 7.26. The van der Waals surface area contributed by atoms with E-state index in [1.54, 1.807) is 55.9 Å². The van der Waals surface area contributed by atoms with Crippen LogP contribution >= 0.6 is 22.9 Å². The smallest absolute Gasteiger partial charge is 0.271 e. The maximum atomic E-state index is 14.2. The average molecular weight is 662 g/mol. The van der Waals surface area contributed by atoms with Crippen LogP contribution in [-0.2, 0) is 11.4 Å². The van der Waals surface area contributed by atoms with Crippen molar-refractivity contribution >= 4 is 34.9 Å². The maximum absolute atomic E-state index is 14.2. The number of nitrogens with zero attached hydrogens (tertiary/aromatic N) is 3. The molecule has 0 saturated carbocycles. The molecule has 0 saturated heterocycles. The molecule has 5 rings (SSSR count). The number of carbonyl (C=O) groups is 1. The Morgan fingerprint density at radius 1 is 0.957 bits per heavy atom. The SMILES string of the molecule is CCN(CC)C(=O)C1=C(C)N=c2s/c(=C/c3ccc(OCc4ccc(Cl)cc4)c(OC)c3)c(=O)n2[C@@H]1c1cc(OC)ccc1OC. The van der Waals surface area contributed by atoms with Crippen LogP contribution in [0.3, 0.4) is 0 Å². The van der Waals surface area contributed by atoms with Crippen molar-refractivity contribution in [1.29, 1.82) is 0 Å². The maximum Gasteiger partial charge on any atom is 0.271 e. The highest BCUT2D eigenvalue weighted by Gasteiger charge is 2.36. The average Bonchev–Trinajstić information content (AvgIpc) is 3.37. The van der Waals surface area contributed by atoms with E-state index in [0.717, 1.165) is 11.1 Å². The van der Waals surface area contributed by atoms with Crippen molar-refractivity contribution in [3.63, 3.8) is 0 Å². The van der Waals surface area contributed by atoms with Gasteiger partial charge in [0.2, 0.25) is 0 Å². The lowest BCUT2D eigenvalue weighted by Gasteiger charge is -2.30. The van der Waals surface area contributed by atoms with Crippen LogP contribution in [0, 0.1) is 0 Å². The number of thiazole rings is 1. The summed E-state index contributed by atoms with van der Waals surface area (Å²) < 4.78 is 24.9. The van der Waals surface area contributed by atoms with Gasteiger partial charge in [-0.1, -0.05) is 41.1 Å². The number of hydrogen-bond acceptors (Lipinski definition) is 8. The number of carbonyl (C=O) groups excluding carboxylic acids is 1. The number of aromatic nitrogens is 1. The molecule has 0 fully saturated rings. The van der Waals surface area contributed by atoms with Gasteiger partial charge in [-0.3, -0.25) is 14.2 Å². The van der Waals surface area contributed by atoms with E-state index in [9.17, 15) is 9.59 Å². The first-order valence-electron chi connectivity index (χ1n) is 14.8. The molecule has 4 aromatic rings. The van der Waals surface area contributed by atoms with E-state index in [4.69, 9.17) is 35.5 Å². The number of hydrogen-bond donors (Lipinski definition) is 0. The Morgan fingerprint density at radius 2 is 1.65 bits per heavy atom. The van der Waals surface area contributed by atoms with E-state index < -0.39 is 6.04 Å². The summed E-state index contributed by atoms with van der Waals surface area (Å²) in [7, 11) is 4.71. The van der Waals surface area contributed by atoms with Crippen molar-refractivity contribution in [2.75, 3.05) is 34.4 Å². The molecule has 11 heteroatoms. The zero-order chi connectivity index (χ0) is 33.0. The van der Waals surface area contributed by atoms with Gasteiger partial charge in [-0.2, -0.15) is 0 Å². The molecule has 0 aliphatic carbocycles. The van der Waals surface area contributed by atoms with Crippen LogP contribution < -0.4 is 33.8 Å². The lowest BCUT2D eigenvalue weighted by molar-refractivity contribution is -0.127. The number of allylic oxidation sites excluding steroid dienone is 1. The zero-order valence-corrected chi connectivity index (χ0v) is 28.2. The van der Waals surface area contributed by atoms with Crippen LogP contribution in [0.25, 0.3) is 6.08 Å². The van der Waals surface area contributed by atoms with Crippen LogP contribution in [0.2, 0.25) is 5.02 Å². The first kappa shape index (κ1) is 32.8. The third-order valence-electron chi connectivity index (χ3n) is 7.83. The standard InChI is InChI=1S/C35H36ClN3O6S/c1-7-38(8-2)34(41)31-21(3)37-35-39(32(31)26-19-25(42-4)14-16-27(26)43-5)33(40)30(46-35)18-23-11-15-28(29(17-23)44-6)45-20-22-9-12-24(36)13-10-22/h9-19,32H,7-8,20H2,1-6H3/b30-18+/t32-/m1/s1. The molecule has 1 atom stereocenters. The molecule has 240 valence electrons. The van der Waals surface area contributed by atoms with Crippen LogP contribution in [0.4, 0.5) is 0 Å². The van der Waals surface area contributed by atoms with Gasteiger partial charge in [0.25, 0.3) is 11.5 Å². The third kappa shape index (κ3) is 6.54. The molecule has 1 aromatic heterocycles. The lowest BCUT2D eigenvalue weighted by atomic mass is 9.93. The summed E-state index contributed by atoms with van der Waals surface area (Å²) in [4.78, 5) is 35.2. The van der Waals surface area contributed by atoms with Crippen LogP contribution in [-0.4, -0.2) is 49.8 Å². The van der Waals surface area contributed by atoms with Gasteiger partial charge >= 0.3 is 0 Å². The van der Waals surface area contributed by atoms with E-state index >= 15 is 0 Å². The predicted molar refractivity (Wildman–Crippen MR) is 180 cm³/mol. The molecule has 0 bridgehead atoms. The second-order valence-corrected chi connectivity index (χ2v) is 11.9. The van der Waals surface area contributed by atoms with Crippen molar-refractivity contribution < 1.29 is 23.7 Å². The highest BCUT2D eigenvalue weighted by molar-refractivity contribution is 7.07. The topological polar surface area (TPSA) is 91.6 Å². The van der Waals surface area contributed by atoms with E-state index in [2.05, 4.69) is 0 Å².